The van der Waals surface area contributed by atoms with Gasteiger partial charge >= 0.3 is 0 Å². The van der Waals surface area contributed by atoms with Gasteiger partial charge in [-0.05, 0) is 25.7 Å². The lowest BCUT2D eigenvalue weighted by Crippen LogP contribution is -2.49. The van der Waals surface area contributed by atoms with E-state index in [2.05, 4.69) is 5.43 Å². The molecule has 0 aromatic carbocycles. The average molecular weight is 370 g/mol. The second kappa shape index (κ2) is 15.3. The van der Waals surface area contributed by atoms with Gasteiger partial charge in [0.25, 0.3) is 0 Å². The molecule has 0 aliphatic rings. The molecule has 0 aromatic heterocycles. The van der Waals surface area contributed by atoms with Crippen molar-refractivity contribution in [1.29, 1.82) is 0 Å². The number of nitrogens with two attached hydrogens (primary N) is 1. The van der Waals surface area contributed by atoms with E-state index in [1.165, 1.54) is 0 Å². The van der Waals surface area contributed by atoms with Gasteiger partial charge in [0.15, 0.2) is 0 Å². The Bertz CT molecular complexity index is 454. The summed E-state index contributed by atoms with van der Waals surface area (Å²) in [6.45, 7) is 4.07. The molecule has 8 nitrogen and oxygen atoms in total. The second-order valence-corrected chi connectivity index (χ2v) is 6.35. The number of nitrogens with zero attached hydrogens (tertiary/aromatic N) is 1. The van der Waals surface area contributed by atoms with Crippen molar-refractivity contribution in [2.24, 2.45) is 5.84 Å². The fourth-order valence-corrected chi connectivity index (χ4v) is 2.36. The van der Waals surface area contributed by atoms with E-state index in [0.717, 1.165) is 37.1 Å². The summed E-state index contributed by atoms with van der Waals surface area (Å²) in [5.74, 6) is 3.56. The molecular weight excluding hydrogens is 336 g/mol. The van der Waals surface area contributed by atoms with E-state index in [0.29, 0.717) is 19.3 Å². The van der Waals surface area contributed by atoms with Crippen LogP contribution in [0.15, 0.2) is 0 Å². The predicted octanol–water partition coefficient (Wildman–Crippen LogP) is 2.08. The number of rotatable bonds is 13. The first-order valence-electron chi connectivity index (χ1n) is 9.60. The fourth-order valence-electron chi connectivity index (χ4n) is 2.36. The minimum Gasteiger partial charge on any atom is -0.294 e. The minimum atomic E-state index is -0.441. The molecular formula is C18H34N4O4. The minimum absolute atomic E-state index is 0.0899. The van der Waals surface area contributed by atoms with Gasteiger partial charge in [0.05, 0.1) is 0 Å². The molecule has 0 saturated carbocycles. The molecule has 0 radical (unpaired) electrons. The Morgan fingerprint density at radius 3 is 1.62 bits per heavy atom. The van der Waals surface area contributed by atoms with Gasteiger partial charge in [-0.3, -0.25) is 30.0 Å². The highest BCUT2D eigenvalue weighted by atomic mass is 16.2. The third-order valence-corrected chi connectivity index (χ3v) is 3.94. The van der Waals surface area contributed by atoms with E-state index in [1.54, 1.807) is 0 Å². The molecule has 0 bridgehead atoms. The number of carbonyl (C=O) groups is 4. The second-order valence-electron chi connectivity index (χ2n) is 6.35. The van der Waals surface area contributed by atoms with E-state index in [4.69, 9.17) is 5.84 Å². The molecule has 0 unspecified atom stereocenters. The Hall–Kier alpha value is -1.96. The largest absolute Gasteiger partial charge is 0.294 e. The van der Waals surface area contributed by atoms with Gasteiger partial charge in [-0.1, -0.05) is 39.5 Å². The van der Waals surface area contributed by atoms with Crippen LogP contribution in [0.2, 0.25) is 0 Å². The quantitative estimate of drug-likeness (QED) is 0.198. The van der Waals surface area contributed by atoms with Crippen molar-refractivity contribution >= 4 is 23.6 Å². The van der Waals surface area contributed by atoms with Crippen molar-refractivity contribution in [3.63, 3.8) is 0 Å². The van der Waals surface area contributed by atoms with Crippen LogP contribution < -0.4 is 16.7 Å². The summed E-state index contributed by atoms with van der Waals surface area (Å²) >= 11 is 0. The average Bonchev–Trinajstić information content (AvgIpc) is 2.63. The van der Waals surface area contributed by atoms with E-state index >= 15 is 0 Å². The molecule has 0 saturated heterocycles. The maximum absolute atomic E-state index is 12.4. The van der Waals surface area contributed by atoms with E-state index in [-0.39, 0.29) is 43.4 Å². The number of nitrogens with one attached hydrogen (secondary N) is 2. The van der Waals surface area contributed by atoms with Gasteiger partial charge in [0.1, 0.15) is 0 Å². The molecule has 0 rings (SSSR count). The molecule has 26 heavy (non-hydrogen) atoms. The smallest absolute Gasteiger partial charge is 0.248 e. The maximum Gasteiger partial charge on any atom is 0.248 e. The van der Waals surface area contributed by atoms with Crippen molar-refractivity contribution in [3.8, 4) is 0 Å². The summed E-state index contributed by atoms with van der Waals surface area (Å²) in [5, 5.41) is 0.868. The van der Waals surface area contributed by atoms with Gasteiger partial charge in [-0.15, -0.1) is 0 Å². The Labute approximate surface area is 156 Å². The molecule has 0 atom stereocenters. The number of imide groups is 1. The normalized spacial score (nSPS) is 10.3. The number of hydrogen-bond acceptors (Lipinski definition) is 5. The zero-order chi connectivity index (χ0) is 19.8. The third-order valence-electron chi connectivity index (χ3n) is 3.94. The monoisotopic (exact) mass is 370 g/mol. The zero-order valence-electron chi connectivity index (χ0n) is 16.1. The molecule has 0 aliphatic carbocycles. The molecule has 0 spiro atoms. The summed E-state index contributed by atoms with van der Waals surface area (Å²) in [7, 11) is 0. The van der Waals surface area contributed by atoms with E-state index in [1.807, 2.05) is 19.3 Å². The van der Waals surface area contributed by atoms with Crippen LogP contribution in [-0.2, 0) is 19.2 Å². The molecule has 0 fully saturated rings. The summed E-state index contributed by atoms with van der Waals surface area (Å²) in [4.78, 5) is 47.8. The van der Waals surface area contributed by atoms with Gasteiger partial charge in [-0.2, -0.15) is 5.01 Å². The van der Waals surface area contributed by atoms with Crippen molar-refractivity contribution in [3.05, 3.63) is 0 Å². The Balaban J connectivity index is 4.58. The van der Waals surface area contributed by atoms with Crippen molar-refractivity contribution < 1.29 is 19.2 Å². The van der Waals surface area contributed by atoms with Crippen LogP contribution >= 0.6 is 0 Å². The summed E-state index contributed by atoms with van der Waals surface area (Å²) < 4.78 is 0. The lowest BCUT2D eigenvalue weighted by molar-refractivity contribution is -0.153. The molecule has 0 aromatic rings. The number of hydrogen-bond donors (Lipinski definition) is 3. The number of hydrazine groups is 2. The Kier molecular flexibility index (Phi) is 14.2. The maximum atomic E-state index is 12.4. The highest BCUT2D eigenvalue weighted by Crippen LogP contribution is 2.08. The first kappa shape index (κ1) is 24.0. The van der Waals surface area contributed by atoms with Crippen molar-refractivity contribution in [2.75, 3.05) is 0 Å². The van der Waals surface area contributed by atoms with Gasteiger partial charge < -0.3 is 0 Å². The highest BCUT2D eigenvalue weighted by molar-refractivity contribution is 5.97. The molecule has 0 heterocycles. The number of unbranched alkanes of at least 4 members (excludes halogenated alkanes) is 5. The third kappa shape index (κ3) is 11.6. The Morgan fingerprint density at radius 1 is 0.692 bits per heavy atom. The topological polar surface area (TPSA) is 122 Å². The highest BCUT2D eigenvalue weighted by Gasteiger charge is 2.22. The van der Waals surface area contributed by atoms with Crippen LogP contribution in [-0.4, -0.2) is 28.6 Å². The first-order valence-corrected chi connectivity index (χ1v) is 9.60. The van der Waals surface area contributed by atoms with E-state index in [9.17, 15) is 19.2 Å². The standard InChI is InChI=1S/C18H34N4O4/c1-3-5-7-12-16(24)21-22(17(25)13-8-6-4-2)18(26)14-10-9-11-15(23)20-19/h3-14,19H2,1-2H3,(H,20,23)(H,21,24). The summed E-state index contributed by atoms with van der Waals surface area (Å²) in [5.41, 5.74) is 4.49. The van der Waals surface area contributed by atoms with Crippen LogP contribution in [0.4, 0.5) is 0 Å². The van der Waals surface area contributed by atoms with Gasteiger partial charge in [-0.25, -0.2) is 5.84 Å². The molecule has 4 amide bonds. The summed E-state index contributed by atoms with van der Waals surface area (Å²) in [6.07, 6.45) is 6.93. The van der Waals surface area contributed by atoms with Gasteiger partial charge in [0.2, 0.25) is 23.6 Å². The van der Waals surface area contributed by atoms with Crippen LogP contribution in [0.5, 0.6) is 0 Å². The van der Waals surface area contributed by atoms with Crippen molar-refractivity contribution in [1.82, 2.24) is 15.9 Å². The van der Waals surface area contributed by atoms with Crippen LogP contribution in [0.1, 0.15) is 90.9 Å². The molecule has 4 N–H and O–H groups in total. The predicted molar refractivity (Wildman–Crippen MR) is 99.1 cm³/mol. The lowest BCUT2D eigenvalue weighted by atomic mass is 10.1. The molecule has 8 heteroatoms. The fraction of sp³-hybridized carbons (Fsp3) is 0.778. The van der Waals surface area contributed by atoms with E-state index < -0.39 is 5.91 Å². The van der Waals surface area contributed by atoms with Crippen LogP contribution in [0.3, 0.4) is 0 Å². The molecule has 0 aliphatic heterocycles. The Morgan fingerprint density at radius 2 is 1.12 bits per heavy atom. The number of carbonyl (C=O) groups excluding carboxylic acids is 4. The van der Waals surface area contributed by atoms with Crippen LogP contribution in [0.25, 0.3) is 0 Å². The zero-order valence-corrected chi connectivity index (χ0v) is 16.1. The number of amides is 4. The molecule has 150 valence electrons. The SMILES string of the molecule is CCCCCC(=O)NN(C(=O)CCCCC)C(=O)CCCCC(=O)NN. The first-order chi connectivity index (χ1) is 12.5. The van der Waals surface area contributed by atoms with Gasteiger partial charge in [0, 0.05) is 25.7 Å². The lowest BCUT2D eigenvalue weighted by Gasteiger charge is -2.21. The summed E-state index contributed by atoms with van der Waals surface area (Å²) in [6, 6.07) is 0. The van der Waals surface area contributed by atoms with Crippen LogP contribution in [0, 0.1) is 0 Å². The van der Waals surface area contributed by atoms with Crippen molar-refractivity contribution in [2.45, 2.75) is 90.9 Å².